The van der Waals surface area contributed by atoms with Crippen LogP contribution in [0.15, 0.2) is 35.2 Å². The quantitative estimate of drug-likeness (QED) is 0.836. The number of aromatic nitrogens is 2. The average Bonchev–Trinajstić information content (AvgIpc) is 2.84. The highest BCUT2D eigenvalue weighted by Gasteiger charge is 2.17. The standard InChI is InChI=1S/C11H16N4O/c1-14(2)8-15-6-5-13-11(15)10(12)9-4-3-7-16-9/h3-7,10H,8,12H2,1-2H3. The van der Waals surface area contributed by atoms with Crippen LogP contribution in [0.2, 0.25) is 0 Å². The first-order valence-electron chi connectivity index (χ1n) is 5.13. The Kier molecular flexibility index (Phi) is 3.07. The van der Waals surface area contributed by atoms with Crippen LogP contribution >= 0.6 is 0 Å². The summed E-state index contributed by atoms with van der Waals surface area (Å²) in [5.74, 6) is 1.54. The van der Waals surface area contributed by atoms with Gasteiger partial charge in [0.1, 0.15) is 17.6 Å². The molecule has 0 radical (unpaired) electrons. The van der Waals surface area contributed by atoms with Gasteiger partial charge in [-0.2, -0.15) is 0 Å². The van der Waals surface area contributed by atoms with E-state index in [1.54, 1.807) is 12.5 Å². The van der Waals surface area contributed by atoms with E-state index in [1.165, 1.54) is 0 Å². The monoisotopic (exact) mass is 220 g/mol. The van der Waals surface area contributed by atoms with E-state index in [2.05, 4.69) is 9.88 Å². The fraction of sp³-hybridized carbons (Fsp3) is 0.364. The van der Waals surface area contributed by atoms with Crippen LogP contribution in [-0.4, -0.2) is 28.5 Å². The molecule has 0 saturated heterocycles. The van der Waals surface area contributed by atoms with Crippen molar-refractivity contribution in [2.75, 3.05) is 14.1 Å². The zero-order chi connectivity index (χ0) is 11.5. The number of hydrogen-bond donors (Lipinski definition) is 1. The molecule has 0 amide bonds. The molecule has 0 aliphatic carbocycles. The van der Waals surface area contributed by atoms with E-state index >= 15 is 0 Å². The Balaban J connectivity index is 2.23. The molecule has 0 saturated carbocycles. The van der Waals surface area contributed by atoms with Crippen LogP contribution in [0.25, 0.3) is 0 Å². The highest BCUT2D eigenvalue weighted by Crippen LogP contribution is 2.18. The molecule has 2 aromatic rings. The molecule has 5 heteroatoms. The third kappa shape index (κ3) is 2.15. The molecular formula is C11H16N4O. The molecular weight excluding hydrogens is 204 g/mol. The van der Waals surface area contributed by atoms with Crippen LogP contribution in [0.3, 0.4) is 0 Å². The van der Waals surface area contributed by atoms with Crippen LogP contribution in [0.4, 0.5) is 0 Å². The summed E-state index contributed by atoms with van der Waals surface area (Å²) in [5, 5.41) is 0. The predicted molar refractivity (Wildman–Crippen MR) is 60.7 cm³/mol. The van der Waals surface area contributed by atoms with E-state index in [-0.39, 0.29) is 6.04 Å². The summed E-state index contributed by atoms with van der Waals surface area (Å²) < 4.78 is 7.29. The lowest BCUT2D eigenvalue weighted by Crippen LogP contribution is -2.22. The molecule has 0 bridgehead atoms. The van der Waals surface area contributed by atoms with Crippen molar-refractivity contribution >= 4 is 0 Å². The lowest BCUT2D eigenvalue weighted by atomic mass is 10.2. The Morgan fingerprint density at radius 3 is 3.00 bits per heavy atom. The van der Waals surface area contributed by atoms with Crippen molar-refractivity contribution in [3.05, 3.63) is 42.4 Å². The second kappa shape index (κ2) is 4.51. The smallest absolute Gasteiger partial charge is 0.134 e. The van der Waals surface area contributed by atoms with Crippen molar-refractivity contribution < 1.29 is 4.42 Å². The summed E-state index contributed by atoms with van der Waals surface area (Å²) in [7, 11) is 4.00. The van der Waals surface area contributed by atoms with Crippen molar-refractivity contribution in [3.8, 4) is 0 Å². The van der Waals surface area contributed by atoms with Gasteiger partial charge in [0.05, 0.1) is 12.9 Å². The van der Waals surface area contributed by atoms with Gasteiger partial charge in [0.25, 0.3) is 0 Å². The van der Waals surface area contributed by atoms with Crippen molar-refractivity contribution in [2.24, 2.45) is 5.73 Å². The SMILES string of the molecule is CN(C)Cn1ccnc1C(N)c1ccco1. The largest absolute Gasteiger partial charge is 0.467 e. The number of rotatable bonds is 4. The fourth-order valence-electron chi connectivity index (χ4n) is 1.62. The van der Waals surface area contributed by atoms with E-state index in [0.29, 0.717) is 0 Å². The molecule has 2 N–H and O–H groups in total. The summed E-state index contributed by atoms with van der Waals surface area (Å²) >= 11 is 0. The van der Waals surface area contributed by atoms with Crippen molar-refractivity contribution in [3.63, 3.8) is 0 Å². The number of hydrogen-bond acceptors (Lipinski definition) is 4. The summed E-state index contributed by atoms with van der Waals surface area (Å²) in [5.41, 5.74) is 6.09. The Labute approximate surface area is 94.5 Å². The third-order valence-corrected chi connectivity index (χ3v) is 2.31. The Hall–Kier alpha value is -1.59. The zero-order valence-electron chi connectivity index (χ0n) is 9.50. The first kappa shape index (κ1) is 10.9. The van der Waals surface area contributed by atoms with Gasteiger partial charge in [-0.05, 0) is 26.2 Å². The van der Waals surface area contributed by atoms with Crippen LogP contribution in [-0.2, 0) is 6.67 Å². The summed E-state index contributed by atoms with van der Waals surface area (Å²) in [6.45, 7) is 0.754. The maximum Gasteiger partial charge on any atom is 0.134 e. The minimum Gasteiger partial charge on any atom is -0.467 e. The highest BCUT2D eigenvalue weighted by molar-refractivity contribution is 5.14. The summed E-state index contributed by atoms with van der Waals surface area (Å²) in [4.78, 5) is 6.33. The van der Waals surface area contributed by atoms with E-state index in [1.807, 2.05) is 37.0 Å². The number of imidazole rings is 1. The minimum absolute atomic E-state index is 0.315. The highest BCUT2D eigenvalue weighted by atomic mass is 16.3. The molecule has 16 heavy (non-hydrogen) atoms. The maximum absolute atomic E-state index is 6.09. The van der Waals surface area contributed by atoms with E-state index in [0.717, 1.165) is 18.3 Å². The van der Waals surface area contributed by atoms with Gasteiger partial charge in [-0.3, -0.25) is 4.90 Å². The van der Waals surface area contributed by atoms with Crippen molar-refractivity contribution in [1.82, 2.24) is 14.5 Å². The van der Waals surface area contributed by atoms with E-state index in [9.17, 15) is 0 Å². The van der Waals surface area contributed by atoms with Gasteiger partial charge in [-0.1, -0.05) is 0 Å². The first-order chi connectivity index (χ1) is 7.68. The molecule has 86 valence electrons. The van der Waals surface area contributed by atoms with E-state index < -0.39 is 0 Å². The lowest BCUT2D eigenvalue weighted by molar-refractivity contribution is 0.316. The van der Waals surface area contributed by atoms with Crippen molar-refractivity contribution in [1.29, 1.82) is 0 Å². The van der Waals surface area contributed by atoms with Crippen LogP contribution in [0, 0.1) is 0 Å². The van der Waals surface area contributed by atoms with Gasteiger partial charge in [0.2, 0.25) is 0 Å². The number of nitrogens with zero attached hydrogens (tertiary/aromatic N) is 3. The summed E-state index contributed by atoms with van der Waals surface area (Å²) in [6.07, 6.45) is 5.29. The first-order valence-corrected chi connectivity index (χ1v) is 5.13. The van der Waals surface area contributed by atoms with Crippen LogP contribution in [0.1, 0.15) is 17.6 Å². The van der Waals surface area contributed by atoms with Crippen LogP contribution < -0.4 is 5.73 Å². The Morgan fingerprint density at radius 1 is 1.56 bits per heavy atom. The van der Waals surface area contributed by atoms with Gasteiger partial charge in [0, 0.05) is 12.4 Å². The third-order valence-electron chi connectivity index (χ3n) is 2.31. The molecule has 5 nitrogen and oxygen atoms in total. The van der Waals surface area contributed by atoms with Crippen molar-refractivity contribution in [2.45, 2.75) is 12.7 Å². The molecule has 1 atom stereocenters. The molecule has 0 spiro atoms. The van der Waals surface area contributed by atoms with Gasteiger partial charge in [-0.15, -0.1) is 0 Å². The minimum atomic E-state index is -0.315. The normalized spacial score (nSPS) is 13.2. The summed E-state index contributed by atoms with van der Waals surface area (Å²) in [6, 6.07) is 3.37. The van der Waals surface area contributed by atoms with Gasteiger partial charge in [0.15, 0.2) is 0 Å². The topological polar surface area (TPSA) is 60.2 Å². The number of furan rings is 1. The van der Waals surface area contributed by atoms with Gasteiger partial charge in [-0.25, -0.2) is 4.98 Å². The maximum atomic E-state index is 6.09. The lowest BCUT2D eigenvalue weighted by Gasteiger charge is -2.16. The predicted octanol–water partition coefficient (Wildman–Crippen LogP) is 1.04. The Morgan fingerprint density at radius 2 is 2.38 bits per heavy atom. The second-order valence-electron chi connectivity index (χ2n) is 3.97. The van der Waals surface area contributed by atoms with Crippen LogP contribution in [0.5, 0.6) is 0 Å². The molecule has 2 heterocycles. The molecule has 2 aromatic heterocycles. The number of nitrogens with two attached hydrogens (primary N) is 1. The van der Waals surface area contributed by atoms with E-state index in [4.69, 9.17) is 10.2 Å². The zero-order valence-corrected chi connectivity index (χ0v) is 9.50. The molecule has 0 aromatic carbocycles. The molecule has 0 aliphatic heterocycles. The van der Waals surface area contributed by atoms with Gasteiger partial charge >= 0.3 is 0 Å². The molecule has 2 rings (SSSR count). The molecule has 1 unspecified atom stereocenters. The second-order valence-corrected chi connectivity index (χ2v) is 3.97. The van der Waals surface area contributed by atoms with Gasteiger partial charge < -0.3 is 14.7 Å². The molecule has 0 aliphatic rings. The Bertz CT molecular complexity index is 433. The molecule has 0 fully saturated rings. The fourth-order valence-corrected chi connectivity index (χ4v) is 1.62. The average molecular weight is 220 g/mol.